The van der Waals surface area contributed by atoms with Crippen molar-refractivity contribution in [2.45, 2.75) is 212 Å². The van der Waals surface area contributed by atoms with Crippen LogP contribution in [0.1, 0.15) is 187 Å². The van der Waals surface area contributed by atoms with Crippen molar-refractivity contribution in [2.24, 2.45) is 17.6 Å². The van der Waals surface area contributed by atoms with Crippen LogP contribution in [-0.2, 0) is 42.3 Å². The molecule has 63 heavy (non-hydrogen) atoms. The van der Waals surface area contributed by atoms with Crippen LogP contribution in [0, 0.1) is 11.8 Å². The molecule has 1 saturated carbocycles. The number of unbranched alkanes of at least 4 members (excludes halogenated alkanes) is 17. The zero-order valence-electron chi connectivity index (χ0n) is 38.6. The number of aliphatic carboxylic acids is 1. The lowest BCUT2D eigenvalue weighted by Gasteiger charge is -2.20. The Balaban J connectivity index is 2.42. The molecule has 1 fully saturated rings. The maximum atomic E-state index is 12.8. The molecular formula is C48H84NO13P. The number of ether oxygens (including phenoxy) is 2. The number of hydrogen-bond acceptors (Lipinski definition) is 12. The van der Waals surface area contributed by atoms with Gasteiger partial charge in [0.25, 0.3) is 0 Å². The third-order valence-electron chi connectivity index (χ3n) is 11.3. The number of phosphoric acid groups is 1. The first-order valence-electron chi connectivity index (χ1n) is 24.1. The molecule has 0 spiro atoms. The van der Waals surface area contributed by atoms with E-state index in [4.69, 9.17) is 24.8 Å². The Kier molecular flexibility index (Phi) is 34.7. The molecule has 0 bridgehead atoms. The van der Waals surface area contributed by atoms with E-state index in [2.05, 4.69) is 42.7 Å². The van der Waals surface area contributed by atoms with Crippen molar-refractivity contribution < 1.29 is 62.5 Å². The quantitative estimate of drug-likeness (QED) is 0.0166. The van der Waals surface area contributed by atoms with Gasteiger partial charge in [-0.05, 0) is 57.8 Å². The van der Waals surface area contributed by atoms with Crippen LogP contribution in [0.4, 0.5) is 0 Å². The van der Waals surface area contributed by atoms with Crippen LogP contribution in [-0.4, -0.2) is 88.1 Å². The predicted octanol–water partition coefficient (Wildman–Crippen LogP) is 9.76. The van der Waals surface area contributed by atoms with E-state index in [0.717, 1.165) is 64.2 Å². The van der Waals surface area contributed by atoms with Gasteiger partial charge in [0.15, 0.2) is 6.10 Å². The molecule has 0 amide bonds. The molecule has 6 N–H and O–H groups in total. The van der Waals surface area contributed by atoms with Crippen molar-refractivity contribution in [3.8, 4) is 0 Å². The molecule has 0 aromatic carbocycles. The molecule has 15 heteroatoms. The number of carbonyl (C=O) groups is 4. The number of carbonyl (C=O) groups excluding carboxylic acids is 3. The lowest BCUT2D eigenvalue weighted by molar-refractivity contribution is -0.161. The summed E-state index contributed by atoms with van der Waals surface area (Å²) in [6.45, 7) is 2.44. The van der Waals surface area contributed by atoms with Gasteiger partial charge in [-0.3, -0.25) is 28.2 Å². The molecular weight excluding hydrogens is 829 g/mol. The number of carboxylic acids is 1. The van der Waals surface area contributed by atoms with E-state index in [1.807, 2.05) is 0 Å². The first kappa shape index (κ1) is 58.3. The van der Waals surface area contributed by atoms with Gasteiger partial charge < -0.3 is 35.4 Å². The van der Waals surface area contributed by atoms with Gasteiger partial charge in [0.1, 0.15) is 18.4 Å². The fourth-order valence-electron chi connectivity index (χ4n) is 7.40. The van der Waals surface area contributed by atoms with Gasteiger partial charge in [-0.25, -0.2) is 4.57 Å². The van der Waals surface area contributed by atoms with Gasteiger partial charge in [-0.2, -0.15) is 0 Å². The van der Waals surface area contributed by atoms with E-state index < -0.39 is 69.9 Å². The second kappa shape index (κ2) is 37.5. The molecule has 1 rings (SSSR count). The fraction of sp³-hybridized carbons (Fsp3) is 0.792. The number of Topliss-reactive ketones (excluding diaryl/α,β-unsaturated/α-hetero) is 1. The van der Waals surface area contributed by atoms with Gasteiger partial charge >= 0.3 is 25.7 Å². The number of ketones is 1. The molecule has 1 aliphatic rings. The Hall–Kier alpha value is -2.71. The summed E-state index contributed by atoms with van der Waals surface area (Å²) >= 11 is 0. The maximum Gasteiger partial charge on any atom is 0.472 e. The zero-order chi connectivity index (χ0) is 46.6. The number of aliphatic hydroxyl groups excluding tert-OH is 2. The van der Waals surface area contributed by atoms with Gasteiger partial charge in [-0.15, -0.1) is 0 Å². The predicted molar refractivity (Wildman–Crippen MR) is 246 cm³/mol. The van der Waals surface area contributed by atoms with E-state index in [-0.39, 0.29) is 36.9 Å². The molecule has 364 valence electrons. The smallest absolute Gasteiger partial charge is 0.472 e. The minimum absolute atomic E-state index is 0.0144. The number of phosphoric ester groups is 1. The highest BCUT2D eigenvalue weighted by Crippen LogP contribution is 2.43. The number of allylic oxidation sites excluding steroid dienone is 4. The van der Waals surface area contributed by atoms with Crippen molar-refractivity contribution in [1.82, 2.24) is 0 Å². The minimum Gasteiger partial charge on any atom is -0.480 e. The molecule has 7 atom stereocenters. The van der Waals surface area contributed by atoms with Crippen LogP contribution in [0.2, 0.25) is 0 Å². The highest BCUT2D eigenvalue weighted by atomic mass is 31.2. The van der Waals surface area contributed by atoms with Crippen LogP contribution < -0.4 is 5.73 Å². The lowest BCUT2D eigenvalue weighted by atomic mass is 9.88. The Morgan fingerprint density at radius 3 is 1.90 bits per heavy atom. The van der Waals surface area contributed by atoms with Crippen LogP contribution in [0.15, 0.2) is 36.5 Å². The minimum atomic E-state index is -4.79. The molecule has 1 unspecified atom stereocenters. The summed E-state index contributed by atoms with van der Waals surface area (Å²) < 4.78 is 32.8. The average Bonchev–Trinajstić information content (AvgIpc) is 3.52. The van der Waals surface area contributed by atoms with E-state index >= 15 is 0 Å². The first-order valence-corrected chi connectivity index (χ1v) is 25.6. The van der Waals surface area contributed by atoms with Crippen molar-refractivity contribution in [3.63, 3.8) is 0 Å². The SMILES string of the molecule is CCCCC/C=C\C/C=C\CCCCCCCCCCCC(=O)OC[C@H](COP(=O)(O)OC[C@H](N)C(=O)O)OC(=O)CCCCCC[C@H]1C(=O)C[C@@H](O)[C@@H]1/C=C/[C@@H](O)CCCCC. The normalized spacial score (nSPS) is 19.2. The Morgan fingerprint density at radius 1 is 0.746 bits per heavy atom. The summed E-state index contributed by atoms with van der Waals surface area (Å²) in [5.41, 5.74) is 5.34. The van der Waals surface area contributed by atoms with Crippen molar-refractivity contribution in [2.75, 3.05) is 19.8 Å². The highest BCUT2D eigenvalue weighted by Gasteiger charge is 2.39. The highest BCUT2D eigenvalue weighted by molar-refractivity contribution is 7.47. The first-order chi connectivity index (χ1) is 30.3. The molecule has 0 radical (unpaired) electrons. The summed E-state index contributed by atoms with van der Waals surface area (Å²) in [7, 11) is -4.79. The van der Waals surface area contributed by atoms with Crippen molar-refractivity contribution >= 4 is 31.5 Å². The number of carboxylic acid groups (broad SMARTS) is 1. The van der Waals surface area contributed by atoms with Crippen molar-refractivity contribution in [3.05, 3.63) is 36.5 Å². The van der Waals surface area contributed by atoms with Crippen LogP contribution in [0.5, 0.6) is 0 Å². The number of esters is 2. The molecule has 14 nitrogen and oxygen atoms in total. The molecule has 0 aliphatic heterocycles. The van der Waals surface area contributed by atoms with Gasteiger partial charge in [0, 0.05) is 31.1 Å². The maximum absolute atomic E-state index is 12.8. The number of rotatable bonds is 41. The monoisotopic (exact) mass is 914 g/mol. The largest absolute Gasteiger partial charge is 0.480 e. The molecule has 1 aliphatic carbocycles. The van der Waals surface area contributed by atoms with E-state index in [0.29, 0.717) is 38.5 Å². The Labute approximate surface area is 378 Å². The van der Waals surface area contributed by atoms with Crippen LogP contribution in [0.3, 0.4) is 0 Å². The third kappa shape index (κ3) is 31.7. The molecule has 0 saturated heterocycles. The Bertz CT molecular complexity index is 1370. The van der Waals surface area contributed by atoms with Crippen LogP contribution in [0.25, 0.3) is 0 Å². The zero-order valence-corrected chi connectivity index (χ0v) is 39.5. The van der Waals surface area contributed by atoms with E-state index in [9.17, 15) is 38.8 Å². The van der Waals surface area contributed by atoms with Gasteiger partial charge in [0.2, 0.25) is 0 Å². The summed E-state index contributed by atoms with van der Waals surface area (Å²) in [6, 6.07) is -1.56. The van der Waals surface area contributed by atoms with E-state index in [1.54, 1.807) is 12.2 Å². The number of hydrogen-bond donors (Lipinski definition) is 5. The van der Waals surface area contributed by atoms with Gasteiger partial charge in [-0.1, -0.05) is 147 Å². The second-order valence-electron chi connectivity index (χ2n) is 17.0. The number of nitrogens with two attached hydrogens (primary N) is 1. The van der Waals surface area contributed by atoms with Crippen LogP contribution >= 0.6 is 7.82 Å². The topological polar surface area (TPSA) is 229 Å². The third-order valence-corrected chi connectivity index (χ3v) is 12.2. The summed E-state index contributed by atoms with van der Waals surface area (Å²) in [5.74, 6) is -3.21. The average molecular weight is 914 g/mol. The lowest BCUT2D eigenvalue weighted by Crippen LogP contribution is -2.34. The molecule has 0 heterocycles. The fourth-order valence-corrected chi connectivity index (χ4v) is 8.18. The summed E-state index contributed by atoms with van der Waals surface area (Å²) in [4.78, 5) is 58.9. The number of aliphatic hydroxyl groups is 2. The summed E-state index contributed by atoms with van der Waals surface area (Å²) in [6.07, 6.45) is 33.9. The second-order valence-corrected chi connectivity index (χ2v) is 18.5. The molecule has 0 aromatic heterocycles. The summed E-state index contributed by atoms with van der Waals surface area (Å²) in [5, 5.41) is 29.7. The van der Waals surface area contributed by atoms with Crippen molar-refractivity contribution in [1.29, 1.82) is 0 Å². The van der Waals surface area contributed by atoms with E-state index in [1.165, 1.54) is 51.4 Å². The molecule has 0 aromatic rings. The Morgan fingerprint density at radius 2 is 1.29 bits per heavy atom. The van der Waals surface area contributed by atoms with Gasteiger partial charge in [0.05, 0.1) is 25.4 Å². The standard InChI is InChI=1S/C48H84NO13P/c1-3-5-7-8-9-10-11-12-13-14-15-16-17-18-19-20-21-22-27-31-46(53)59-36-40(37-60-63(57,58)61-38-43(49)48(55)56)62-47(54)32-28-24-23-26-30-41-42(45(52)35-44(41)51)34-33-39(50)29-25-6-4-2/h9-10,12-13,33-34,39-43,45,50,52H,3-8,11,14-32,35-38,49H2,1-2H3,(H,55,56)(H,57,58)/b10-9-,13-12-,34-33+/t39-,40+,41+,42+,43-,45+/m0/s1.